The van der Waals surface area contributed by atoms with Crippen molar-refractivity contribution >= 4 is 23.2 Å². The van der Waals surface area contributed by atoms with Gasteiger partial charge in [0.05, 0.1) is 5.34 Å². The van der Waals surface area contributed by atoms with E-state index in [-0.39, 0.29) is 5.34 Å². The van der Waals surface area contributed by atoms with Gasteiger partial charge in [-0.1, -0.05) is 30.3 Å². The van der Waals surface area contributed by atoms with Gasteiger partial charge in [0, 0.05) is 6.54 Å². The Morgan fingerprint density at radius 2 is 1.86 bits per heavy atom. The van der Waals surface area contributed by atoms with Crippen LogP contribution in [0.15, 0.2) is 30.3 Å². The van der Waals surface area contributed by atoms with Crippen molar-refractivity contribution in [2.75, 3.05) is 18.4 Å². The van der Waals surface area contributed by atoms with Crippen LogP contribution in [0.25, 0.3) is 0 Å². The lowest BCUT2D eigenvalue weighted by molar-refractivity contribution is 0.763. The molecule has 0 amide bonds. The van der Waals surface area contributed by atoms with E-state index in [9.17, 15) is 0 Å². The fourth-order valence-corrected chi connectivity index (χ4v) is 1.66. The number of alkyl halides is 2. The molecule has 1 aromatic rings. The maximum absolute atomic E-state index is 4.76. The monoisotopic (exact) mass is 231 g/mol. The third-order valence-corrected chi connectivity index (χ3v) is 2.33. The smallest absolute Gasteiger partial charge is 0.0967 e. The zero-order valence-corrected chi connectivity index (χ0v) is 9.56. The molecule has 0 bridgehead atoms. The molecule has 1 aliphatic rings. The van der Waals surface area contributed by atoms with E-state index < -0.39 is 0 Å². The predicted octanol–water partition coefficient (Wildman–Crippen LogP) is 3.19. The van der Waals surface area contributed by atoms with Gasteiger partial charge < -0.3 is 5.32 Å². The zero-order valence-electron chi connectivity index (χ0n) is 8.05. The van der Waals surface area contributed by atoms with Crippen molar-refractivity contribution < 1.29 is 0 Å². The first-order valence-corrected chi connectivity index (χ1v) is 5.83. The number of hydrogen-bond acceptors (Lipinski definition) is 1. The molecule has 0 radical (unpaired) electrons. The molecule has 1 N–H and O–H groups in total. The quantitative estimate of drug-likeness (QED) is 0.733. The van der Waals surface area contributed by atoms with Gasteiger partial charge in [0.2, 0.25) is 0 Å². The van der Waals surface area contributed by atoms with Gasteiger partial charge in [0.15, 0.2) is 0 Å². The van der Waals surface area contributed by atoms with E-state index in [2.05, 4.69) is 35.6 Å². The third kappa shape index (κ3) is 3.87. The predicted molar refractivity (Wildman–Crippen MR) is 63.2 cm³/mol. The number of rotatable bonds is 1. The molecule has 0 saturated carbocycles. The largest absolute Gasteiger partial charge is 0.316 e. The molecule has 1 saturated heterocycles. The van der Waals surface area contributed by atoms with Gasteiger partial charge in [0.25, 0.3) is 0 Å². The van der Waals surface area contributed by atoms with Crippen molar-refractivity contribution in [3.63, 3.8) is 0 Å². The van der Waals surface area contributed by atoms with Crippen molar-refractivity contribution in [3.05, 3.63) is 35.9 Å². The second-order valence-electron chi connectivity index (χ2n) is 3.20. The van der Waals surface area contributed by atoms with Crippen LogP contribution < -0.4 is 5.32 Å². The Bertz CT molecular complexity index is 232. The SMILES string of the molecule is ClCCl.c1ccc(C2CCNC2)cc1. The molecule has 0 spiro atoms. The minimum Gasteiger partial charge on any atom is -0.316 e. The van der Waals surface area contributed by atoms with Gasteiger partial charge in [-0.25, -0.2) is 0 Å². The molecular formula is C11H15Cl2N. The minimum absolute atomic E-state index is 0.194. The van der Waals surface area contributed by atoms with Crippen LogP contribution in [-0.4, -0.2) is 18.4 Å². The van der Waals surface area contributed by atoms with E-state index in [0.717, 1.165) is 12.5 Å². The van der Waals surface area contributed by atoms with Crippen LogP contribution in [-0.2, 0) is 0 Å². The van der Waals surface area contributed by atoms with E-state index >= 15 is 0 Å². The molecule has 0 aromatic heterocycles. The summed E-state index contributed by atoms with van der Waals surface area (Å²) in [6.07, 6.45) is 1.30. The summed E-state index contributed by atoms with van der Waals surface area (Å²) in [6.45, 7) is 2.34. The van der Waals surface area contributed by atoms with Gasteiger partial charge in [-0.2, -0.15) is 0 Å². The molecule has 1 fully saturated rings. The highest BCUT2D eigenvalue weighted by Gasteiger charge is 2.15. The third-order valence-electron chi connectivity index (χ3n) is 2.33. The molecule has 14 heavy (non-hydrogen) atoms. The average molecular weight is 232 g/mol. The summed E-state index contributed by atoms with van der Waals surface area (Å²) in [7, 11) is 0. The molecule has 1 unspecified atom stereocenters. The second-order valence-corrected chi connectivity index (χ2v) is 4.01. The highest BCUT2D eigenvalue weighted by atomic mass is 35.5. The molecule has 2 rings (SSSR count). The summed E-state index contributed by atoms with van der Waals surface area (Å²) < 4.78 is 0. The van der Waals surface area contributed by atoms with Gasteiger partial charge >= 0.3 is 0 Å². The number of halogens is 2. The van der Waals surface area contributed by atoms with Crippen LogP contribution in [0, 0.1) is 0 Å². The highest BCUT2D eigenvalue weighted by molar-refractivity contribution is 6.40. The Morgan fingerprint density at radius 3 is 2.36 bits per heavy atom. The van der Waals surface area contributed by atoms with Crippen molar-refractivity contribution in [2.45, 2.75) is 12.3 Å². The number of benzene rings is 1. The first kappa shape index (κ1) is 11.8. The van der Waals surface area contributed by atoms with Crippen molar-refractivity contribution in [1.29, 1.82) is 0 Å². The summed E-state index contributed by atoms with van der Waals surface area (Å²) in [5.74, 6) is 0.760. The summed E-state index contributed by atoms with van der Waals surface area (Å²) in [5, 5.41) is 3.57. The molecular weight excluding hydrogens is 217 g/mol. The summed E-state index contributed by atoms with van der Waals surface area (Å²) in [5.41, 5.74) is 1.48. The zero-order chi connectivity index (χ0) is 10.2. The fraction of sp³-hybridized carbons (Fsp3) is 0.455. The molecule has 78 valence electrons. The van der Waals surface area contributed by atoms with Crippen LogP contribution in [0.3, 0.4) is 0 Å². The Morgan fingerprint density at radius 1 is 1.21 bits per heavy atom. The van der Waals surface area contributed by atoms with Crippen LogP contribution in [0.5, 0.6) is 0 Å². The first-order chi connectivity index (χ1) is 6.88. The van der Waals surface area contributed by atoms with E-state index in [1.165, 1.54) is 18.5 Å². The van der Waals surface area contributed by atoms with Crippen LogP contribution in [0.2, 0.25) is 0 Å². The van der Waals surface area contributed by atoms with Crippen LogP contribution >= 0.6 is 23.2 Å². The Labute approximate surface area is 95.4 Å². The molecule has 0 aliphatic carbocycles. The minimum atomic E-state index is 0.194. The molecule has 3 heteroatoms. The van der Waals surface area contributed by atoms with Crippen LogP contribution in [0.1, 0.15) is 17.9 Å². The summed E-state index contributed by atoms with van der Waals surface area (Å²) in [6, 6.07) is 10.8. The number of nitrogens with one attached hydrogen (secondary N) is 1. The Hall–Kier alpha value is -0.240. The summed E-state index contributed by atoms with van der Waals surface area (Å²) in [4.78, 5) is 0. The van der Waals surface area contributed by atoms with Crippen molar-refractivity contribution in [2.24, 2.45) is 0 Å². The van der Waals surface area contributed by atoms with E-state index in [1.807, 2.05) is 0 Å². The summed E-state index contributed by atoms with van der Waals surface area (Å²) >= 11 is 9.53. The molecule has 1 aliphatic heterocycles. The molecule has 1 heterocycles. The molecule has 1 nitrogen and oxygen atoms in total. The van der Waals surface area contributed by atoms with Crippen LogP contribution in [0.4, 0.5) is 0 Å². The molecule has 1 aromatic carbocycles. The van der Waals surface area contributed by atoms with E-state index in [4.69, 9.17) is 23.2 Å². The standard InChI is InChI=1S/C10H13N.CH2Cl2/c1-2-4-9(5-3-1)10-6-7-11-8-10;2-1-3/h1-5,10-11H,6-8H2;1H2. The highest BCUT2D eigenvalue weighted by Crippen LogP contribution is 2.21. The van der Waals surface area contributed by atoms with Crippen molar-refractivity contribution in [3.8, 4) is 0 Å². The first-order valence-electron chi connectivity index (χ1n) is 4.76. The Kier molecular flexibility index (Phi) is 6.00. The maximum atomic E-state index is 4.76. The van der Waals surface area contributed by atoms with E-state index in [0.29, 0.717) is 0 Å². The normalized spacial score (nSPS) is 20.0. The van der Waals surface area contributed by atoms with Gasteiger partial charge in [-0.3, -0.25) is 0 Å². The van der Waals surface area contributed by atoms with Crippen molar-refractivity contribution in [1.82, 2.24) is 5.32 Å². The maximum Gasteiger partial charge on any atom is 0.0967 e. The Balaban J connectivity index is 0.000000293. The van der Waals surface area contributed by atoms with Gasteiger partial charge in [-0.15, -0.1) is 23.2 Å². The van der Waals surface area contributed by atoms with Gasteiger partial charge in [-0.05, 0) is 24.4 Å². The molecule has 1 atom stereocenters. The average Bonchev–Trinajstić information content (AvgIpc) is 2.73. The fourth-order valence-electron chi connectivity index (χ4n) is 1.66. The topological polar surface area (TPSA) is 12.0 Å². The lowest BCUT2D eigenvalue weighted by atomic mass is 9.99. The second kappa shape index (κ2) is 7.10. The number of hydrogen-bond donors (Lipinski definition) is 1. The lowest BCUT2D eigenvalue weighted by Gasteiger charge is -2.06. The van der Waals surface area contributed by atoms with Gasteiger partial charge in [0.1, 0.15) is 0 Å². The van der Waals surface area contributed by atoms with E-state index in [1.54, 1.807) is 0 Å². The lowest BCUT2D eigenvalue weighted by Crippen LogP contribution is -2.07.